The van der Waals surface area contributed by atoms with Crippen LogP contribution >= 0.6 is 0 Å². The third kappa shape index (κ3) is 4.22. The number of hydrogen-bond acceptors (Lipinski definition) is 4. The quantitative estimate of drug-likeness (QED) is 0.753. The number of ketones is 1. The Hall–Kier alpha value is -0.420. The molecule has 1 N–H and O–H groups in total. The Labute approximate surface area is 97.7 Å². The van der Waals surface area contributed by atoms with Crippen molar-refractivity contribution in [1.29, 1.82) is 0 Å². The summed E-state index contributed by atoms with van der Waals surface area (Å²) in [6, 6.07) is 0. The number of rotatable bonds is 6. The molecule has 1 fully saturated rings. The molecule has 1 aliphatic heterocycles. The number of carbonyl (C=O) groups excluding carboxylic acids is 1. The van der Waals surface area contributed by atoms with Gasteiger partial charge in [0.25, 0.3) is 0 Å². The summed E-state index contributed by atoms with van der Waals surface area (Å²) in [6.45, 7) is 5.17. The minimum Gasteiger partial charge on any atom is -0.316 e. The largest absolute Gasteiger partial charge is 0.316 e. The second kappa shape index (κ2) is 5.77. The molecule has 5 heteroatoms. The van der Waals surface area contributed by atoms with E-state index in [1.807, 2.05) is 0 Å². The second-order valence-corrected chi connectivity index (χ2v) is 7.44. The van der Waals surface area contributed by atoms with Crippen LogP contribution < -0.4 is 5.32 Å². The molecule has 1 heterocycles. The molecule has 1 aliphatic rings. The first kappa shape index (κ1) is 13.6. The van der Waals surface area contributed by atoms with Gasteiger partial charge in [-0.25, -0.2) is 8.42 Å². The van der Waals surface area contributed by atoms with Crippen molar-refractivity contribution in [2.45, 2.75) is 38.4 Å². The first-order valence-corrected chi connectivity index (χ1v) is 7.57. The van der Waals surface area contributed by atoms with Crippen molar-refractivity contribution >= 4 is 15.6 Å². The molecule has 0 amide bonds. The molecule has 0 aromatic carbocycles. The highest BCUT2D eigenvalue weighted by Crippen LogP contribution is 2.14. The minimum atomic E-state index is -3.06. The first-order valence-electron chi connectivity index (χ1n) is 5.86. The lowest BCUT2D eigenvalue weighted by molar-refractivity contribution is -0.119. The lowest BCUT2D eigenvalue weighted by atomic mass is 10.0. The molecule has 0 radical (unpaired) electrons. The van der Waals surface area contributed by atoms with Crippen LogP contribution in [0, 0.1) is 5.92 Å². The summed E-state index contributed by atoms with van der Waals surface area (Å²) in [6.07, 6.45) is 1.74. The van der Waals surface area contributed by atoms with Crippen molar-refractivity contribution < 1.29 is 13.2 Å². The van der Waals surface area contributed by atoms with Gasteiger partial charge in [-0.1, -0.05) is 0 Å². The van der Waals surface area contributed by atoms with Gasteiger partial charge in [0.1, 0.15) is 5.78 Å². The maximum absolute atomic E-state index is 11.6. The molecule has 16 heavy (non-hydrogen) atoms. The van der Waals surface area contributed by atoms with Gasteiger partial charge in [-0.05, 0) is 39.3 Å². The highest BCUT2D eigenvalue weighted by atomic mass is 32.2. The summed E-state index contributed by atoms with van der Waals surface area (Å²) in [5.74, 6) is 0.496. The van der Waals surface area contributed by atoms with Crippen LogP contribution in [-0.2, 0) is 14.6 Å². The number of Topliss-reactive ketones (excluding diaryl/α,β-unsaturated/α-hetero) is 1. The molecule has 0 aliphatic carbocycles. The fourth-order valence-electron chi connectivity index (χ4n) is 1.80. The maximum Gasteiger partial charge on any atom is 0.153 e. The molecule has 0 aromatic heterocycles. The molecule has 94 valence electrons. The zero-order valence-corrected chi connectivity index (χ0v) is 10.8. The normalized spacial score (nSPS) is 21.6. The van der Waals surface area contributed by atoms with Crippen LogP contribution in [0.3, 0.4) is 0 Å². The van der Waals surface area contributed by atoms with E-state index in [4.69, 9.17) is 0 Å². The highest BCUT2D eigenvalue weighted by molar-refractivity contribution is 7.91. The molecule has 1 atom stereocenters. The standard InChI is InChI=1S/C11H21NO3S/c1-9(2)16(14,15)6-4-11(13)7-10-3-5-12-8-10/h9-10,12H,3-8H2,1-2H3. The predicted molar refractivity (Wildman–Crippen MR) is 64.1 cm³/mol. The van der Waals surface area contributed by atoms with E-state index in [9.17, 15) is 13.2 Å². The fraction of sp³-hybridized carbons (Fsp3) is 0.909. The van der Waals surface area contributed by atoms with E-state index in [1.54, 1.807) is 13.8 Å². The van der Waals surface area contributed by atoms with Gasteiger partial charge in [-0.3, -0.25) is 4.79 Å². The second-order valence-electron chi connectivity index (χ2n) is 4.77. The number of carbonyl (C=O) groups is 1. The summed E-state index contributed by atoms with van der Waals surface area (Å²) in [7, 11) is -3.06. The van der Waals surface area contributed by atoms with Crippen LogP contribution in [-0.4, -0.2) is 38.3 Å². The van der Waals surface area contributed by atoms with Crippen molar-refractivity contribution in [3.05, 3.63) is 0 Å². The smallest absolute Gasteiger partial charge is 0.153 e. The Balaban J connectivity index is 2.29. The van der Waals surface area contributed by atoms with Gasteiger partial charge in [0.2, 0.25) is 0 Å². The zero-order valence-electron chi connectivity index (χ0n) is 10.0. The van der Waals surface area contributed by atoms with E-state index in [-0.39, 0.29) is 23.2 Å². The maximum atomic E-state index is 11.6. The van der Waals surface area contributed by atoms with E-state index >= 15 is 0 Å². The summed E-state index contributed by atoms with van der Waals surface area (Å²) < 4.78 is 23.0. The van der Waals surface area contributed by atoms with Crippen molar-refractivity contribution in [2.24, 2.45) is 5.92 Å². The van der Waals surface area contributed by atoms with E-state index in [2.05, 4.69) is 5.32 Å². The van der Waals surface area contributed by atoms with Gasteiger partial charge in [0.15, 0.2) is 9.84 Å². The van der Waals surface area contributed by atoms with Crippen molar-refractivity contribution in [1.82, 2.24) is 5.32 Å². The molecule has 0 spiro atoms. The lowest BCUT2D eigenvalue weighted by Gasteiger charge is -2.09. The van der Waals surface area contributed by atoms with Crippen LogP contribution in [0.15, 0.2) is 0 Å². The van der Waals surface area contributed by atoms with Gasteiger partial charge < -0.3 is 5.32 Å². The number of hydrogen-bond donors (Lipinski definition) is 1. The molecule has 0 bridgehead atoms. The summed E-state index contributed by atoms with van der Waals surface area (Å²) >= 11 is 0. The van der Waals surface area contributed by atoms with E-state index < -0.39 is 9.84 Å². The Bertz CT molecular complexity index is 329. The molecule has 0 saturated carbocycles. The van der Waals surface area contributed by atoms with E-state index in [1.165, 1.54) is 0 Å². The van der Waals surface area contributed by atoms with Gasteiger partial charge in [-0.15, -0.1) is 0 Å². The Kier molecular flexibility index (Phi) is 4.92. The van der Waals surface area contributed by atoms with Crippen LogP contribution in [0.2, 0.25) is 0 Å². The molecule has 1 unspecified atom stereocenters. The van der Waals surface area contributed by atoms with Crippen molar-refractivity contribution in [2.75, 3.05) is 18.8 Å². The highest BCUT2D eigenvalue weighted by Gasteiger charge is 2.21. The number of sulfone groups is 1. The SMILES string of the molecule is CC(C)S(=O)(=O)CCC(=O)CC1CCNC1. The van der Waals surface area contributed by atoms with Gasteiger partial charge in [0, 0.05) is 12.8 Å². The zero-order chi connectivity index (χ0) is 12.2. The first-order chi connectivity index (χ1) is 7.42. The third-order valence-corrected chi connectivity index (χ3v) is 5.27. The van der Waals surface area contributed by atoms with Gasteiger partial charge in [0.05, 0.1) is 11.0 Å². The molecular formula is C11H21NO3S. The molecule has 0 aromatic rings. The van der Waals surface area contributed by atoms with Crippen LogP contribution in [0.5, 0.6) is 0 Å². The summed E-state index contributed by atoms with van der Waals surface area (Å²) in [5, 5.41) is 2.82. The Morgan fingerprint density at radius 3 is 2.62 bits per heavy atom. The molecule has 1 saturated heterocycles. The van der Waals surface area contributed by atoms with Gasteiger partial charge in [-0.2, -0.15) is 0 Å². The number of nitrogens with one attached hydrogen (secondary N) is 1. The third-order valence-electron chi connectivity index (χ3n) is 3.06. The van der Waals surface area contributed by atoms with Crippen molar-refractivity contribution in [3.63, 3.8) is 0 Å². The van der Waals surface area contributed by atoms with Crippen LogP contribution in [0.4, 0.5) is 0 Å². The minimum absolute atomic E-state index is 0.00362. The molecule has 1 rings (SSSR count). The average Bonchev–Trinajstić information content (AvgIpc) is 2.67. The van der Waals surface area contributed by atoms with Gasteiger partial charge >= 0.3 is 0 Å². The van der Waals surface area contributed by atoms with Crippen LogP contribution in [0.25, 0.3) is 0 Å². The van der Waals surface area contributed by atoms with Crippen molar-refractivity contribution in [3.8, 4) is 0 Å². The predicted octanol–water partition coefficient (Wildman–Crippen LogP) is 0.768. The fourth-order valence-corrected chi connectivity index (χ4v) is 2.79. The summed E-state index contributed by atoms with van der Waals surface area (Å²) in [4.78, 5) is 11.6. The Morgan fingerprint density at radius 1 is 1.44 bits per heavy atom. The molecule has 4 nitrogen and oxygen atoms in total. The average molecular weight is 247 g/mol. The topological polar surface area (TPSA) is 63.2 Å². The van der Waals surface area contributed by atoms with E-state index in [0.29, 0.717) is 12.3 Å². The molecular weight excluding hydrogens is 226 g/mol. The Morgan fingerprint density at radius 2 is 2.12 bits per heavy atom. The van der Waals surface area contributed by atoms with E-state index in [0.717, 1.165) is 19.5 Å². The van der Waals surface area contributed by atoms with Crippen LogP contribution in [0.1, 0.15) is 33.1 Å². The lowest BCUT2D eigenvalue weighted by Crippen LogP contribution is -2.21. The summed E-state index contributed by atoms with van der Waals surface area (Å²) in [5.41, 5.74) is 0. The monoisotopic (exact) mass is 247 g/mol.